The lowest BCUT2D eigenvalue weighted by molar-refractivity contribution is 0.0515. The summed E-state index contributed by atoms with van der Waals surface area (Å²) in [4.78, 5) is 0. The van der Waals surface area contributed by atoms with E-state index < -0.39 is 0 Å². The van der Waals surface area contributed by atoms with E-state index in [2.05, 4.69) is 52.4 Å². The number of ether oxygens (including phenoxy) is 1. The van der Waals surface area contributed by atoms with E-state index in [1.165, 1.54) is 5.56 Å². The van der Waals surface area contributed by atoms with Crippen molar-refractivity contribution >= 4 is 15.9 Å². The Bertz CT molecular complexity index is 312. The Labute approximate surface area is 99.1 Å². The predicted octanol–water partition coefficient (Wildman–Crippen LogP) is 2.75. The fourth-order valence-electron chi connectivity index (χ4n) is 1.75. The molecule has 1 aliphatic rings. The predicted molar refractivity (Wildman–Crippen MR) is 64.9 cm³/mol. The molecule has 15 heavy (non-hydrogen) atoms. The minimum absolute atomic E-state index is 0.197. The van der Waals surface area contributed by atoms with E-state index in [9.17, 15) is 0 Å². The van der Waals surface area contributed by atoms with Gasteiger partial charge in [0.1, 0.15) is 0 Å². The van der Waals surface area contributed by atoms with Gasteiger partial charge in [-0.2, -0.15) is 0 Å². The van der Waals surface area contributed by atoms with Crippen molar-refractivity contribution in [2.24, 2.45) is 5.92 Å². The van der Waals surface area contributed by atoms with E-state index in [-0.39, 0.29) is 6.10 Å². The van der Waals surface area contributed by atoms with Crippen molar-refractivity contribution in [1.29, 1.82) is 0 Å². The highest BCUT2D eigenvalue weighted by Gasteiger charge is 2.17. The van der Waals surface area contributed by atoms with E-state index in [1.807, 2.05) is 0 Å². The summed E-state index contributed by atoms with van der Waals surface area (Å²) in [6, 6.07) is 8.36. The van der Waals surface area contributed by atoms with Crippen LogP contribution < -0.4 is 5.32 Å². The molecule has 2 rings (SSSR count). The Morgan fingerprint density at radius 3 is 2.73 bits per heavy atom. The maximum atomic E-state index is 5.86. The number of hydrogen-bond donors (Lipinski definition) is 1. The molecule has 1 N–H and O–H groups in total. The Balaban J connectivity index is 2.06. The van der Waals surface area contributed by atoms with Gasteiger partial charge in [-0.1, -0.05) is 35.0 Å². The SMILES string of the molecule is CC1CNCC(c2ccc(Br)cc2)OC1. The number of benzene rings is 1. The minimum Gasteiger partial charge on any atom is -0.372 e. The first-order valence-corrected chi connectivity index (χ1v) is 6.13. The molecule has 0 saturated carbocycles. The fourth-order valence-corrected chi connectivity index (χ4v) is 2.01. The Kier molecular flexibility index (Phi) is 3.78. The van der Waals surface area contributed by atoms with E-state index >= 15 is 0 Å². The summed E-state index contributed by atoms with van der Waals surface area (Å²) in [5, 5.41) is 3.42. The van der Waals surface area contributed by atoms with Crippen LogP contribution in [-0.2, 0) is 4.74 Å². The van der Waals surface area contributed by atoms with Gasteiger partial charge in [-0.25, -0.2) is 0 Å². The average Bonchev–Trinajstić information content (AvgIpc) is 2.44. The molecule has 1 aromatic rings. The van der Waals surface area contributed by atoms with Crippen LogP contribution in [0, 0.1) is 5.92 Å². The van der Waals surface area contributed by atoms with Crippen LogP contribution >= 0.6 is 15.9 Å². The second kappa shape index (κ2) is 5.10. The molecular formula is C12H16BrNO. The van der Waals surface area contributed by atoms with Gasteiger partial charge in [0.2, 0.25) is 0 Å². The summed E-state index contributed by atoms with van der Waals surface area (Å²) in [6.45, 7) is 5.00. The molecule has 1 aliphatic heterocycles. The molecule has 0 aliphatic carbocycles. The van der Waals surface area contributed by atoms with Crippen molar-refractivity contribution < 1.29 is 4.74 Å². The zero-order valence-corrected chi connectivity index (χ0v) is 10.5. The van der Waals surface area contributed by atoms with Gasteiger partial charge in [0.25, 0.3) is 0 Å². The monoisotopic (exact) mass is 269 g/mol. The lowest BCUT2D eigenvalue weighted by atomic mass is 10.1. The molecule has 0 spiro atoms. The van der Waals surface area contributed by atoms with Crippen LogP contribution in [0.5, 0.6) is 0 Å². The summed E-state index contributed by atoms with van der Waals surface area (Å²) in [5.74, 6) is 0.602. The maximum absolute atomic E-state index is 5.86. The van der Waals surface area contributed by atoms with Crippen LogP contribution in [0.4, 0.5) is 0 Å². The largest absolute Gasteiger partial charge is 0.372 e. The summed E-state index contributed by atoms with van der Waals surface area (Å²) < 4.78 is 6.98. The minimum atomic E-state index is 0.197. The Morgan fingerprint density at radius 1 is 1.27 bits per heavy atom. The highest BCUT2D eigenvalue weighted by Crippen LogP contribution is 2.21. The standard InChI is InChI=1S/C12H16BrNO/c1-9-6-14-7-12(15-8-9)10-2-4-11(13)5-3-10/h2-5,9,12,14H,6-8H2,1H3. The molecule has 1 saturated heterocycles. The van der Waals surface area contributed by atoms with Crippen molar-refractivity contribution in [1.82, 2.24) is 5.32 Å². The maximum Gasteiger partial charge on any atom is 0.0949 e. The van der Waals surface area contributed by atoms with E-state index in [0.717, 1.165) is 24.2 Å². The first-order valence-electron chi connectivity index (χ1n) is 5.33. The molecule has 2 nitrogen and oxygen atoms in total. The van der Waals surface area contributed by atoms with Crippen LogP contribution in [0.1, 0.15) is 18.6 Å². The zero-order valence-electron chi connectivity index (χ0n) is 8.87. The molecule has 2 unspecified atom stereocenters. The van der Waals surface area contributed by atoms with E-state index in [0.29, 0.717) is 5.92 Å². The molecule has 2 atom stereocenters. The van der Waals surface area contributed by atoms with Gasteiger partial charge in [-0.3, -0.25) is 0 Å². The van der Waals surface area contributed by atoms with Gasteiger partial charge in [0.15, 0.2) is 0 Å². The van der Waals surface area contributed by atoms with Crippen molar-refractivity contribution in [2.45, 2.75) is 13.0 Å². The molecular weight excluding hydrogens is 254 g/mol. The van der Waals surface area contributed by atoms with Gasteiger partial charge in [0.05, 0.1) is 12.7 Å². The quantitative estimate of drug-likeness (QED) is 0.847. The van der Waals surface area contributed by atoms with Crippen LogP contribution in [0.3, 0.4) is 0 Å². The summed E-state index contributed by atoms with van der Waals surface area (Å²) >= 11 is 3.44. The lowest BCUT2D eigenvalue weighted by Gasteiger charge is -2.15. The molecule has 3 heteroatoms. The second-order valence-electron chi connectivity index (χ2n) is 4.14. The molecule has 1 fully saturated rings. The van der Waals surface area contributed by atoms with Gasteiger partial charge in [-0.05, 0) is 23.6 Å². The van der Waals surface area contributed by atoms with Crippen LogP contribution in [0.25, 0.3) is 0 Å². The van der Waals surface area contributed by atoms with Gasteiger partial charge < -0.3 is 10.1 Å². The van der Waals surface area contributed by atoms with E-state index in [4.69, 9.17) is 4.74 Å². The second-order valence-corrected chi connectivity index (χ2v) is 5.05. The number of nitrogens with one attached hydrogen (secondary N) is 1. The fraction of sp³-hybridized carbons (Fsp3) is 0.500. The molecule has 0 aromatic heterocycles. The summed E-state index contributed by atoms with van der Waals surface area (Å²) in [7, 11) is 0. The van der Waals surface area contributed by atoms with Crippen LogP contribution in [0.2, 0.25) is 0 Å². The highest BCUT2D eigenvalue weighted by molar-refractivity contribution is 9.10. The third kappa shape index (κ3) is 3.03. The van der Waals surface area contributed by atoms with Crippen molar-refractivity contribution in [3.63, 3.8) is 0 Å². The van der Waals surface area contributed by atoms with Gasteiger partial charge >= 0.3 is 0 Å². The number of hydrogen-bond acceptors (Lipinski definition) is 2. The lowest BCUT2D eigenvalue weighted by Crippen LogP contribution is -2.22. The number of rotatable bonds is 1. The van der Waals surface area contributed by atoms with Crippen LogP contribution in [0.15, 0.2) is 28.7 Å². The first kappa shape index (κ1) is 11.1. The normalized spacial score (nSPS) is 27.3. The zero-order chi connectivity index (χ0) is 10.7. The molecule has 1 heterocycles. The van der Waals surface area contributed by atoms with Gasteiger partial charge in [0, 0.05) is 17.6 Å². The number of halogens is 1. The average molecular weight is 270 g/mol. The molecule has 1 aromatic carbocycles. The molecule has 0 amide bonds. The Hall–Kier alpha value is -0.380. The van der Waals surface area contributed by atoms with E-state index in [1.54, 1.807) is 0 Å². The Morgan fingerprint density at radius 2 is 2.00 bits per heavy atom. The third-order valence-electron chi connectivity index (χ3n) is 2.65. The van der Waals surface area contributed by atoms with Gasteiger partial charge in [-0.15, -0.1) is 0 Å². The van der Waals surface area contributed by atoms with Crippen LogP contribution in [-0.4, -0.2) is 19.7 Å². The molecule has 0 bridgehead atoms. The smallest absolute Gasteiger partial charge is 0.0949 e. The summed E-state index contributed by atoms with van der Waals surface area (Å²) in [6.07, 6.45) is 0.197. The summed E-state index contributed by atoms with van der Waals surface area (Å²) in [5.41, 5.74) is 1.25. The first-order chi connectivity index (χ1) is 7.25. The third-order valence-corrected chi connectivity index (χ3v) is 3.17. The topological polar surface area (TPSA) is 21.3 Å². The van der Waals surface area contributed by atoms with Crippen molar-refractivity contribution in [2.75, 3.05) is 19.7 Å². The molecule has 82 valence electrons. The highest BCUT2D eigenvalue weighted by atomic mass is 79.9. The van der Waals surface area contributed by atoms with Crippen molar-refractivity contribution in [3.8, 4) is 0 Å². The van der Waals surface area contributed by atoms with Crippen molar-refractivity contribution in [3.05, 3.63) is 34.3 Å². The molecule has 0 radical (unpaired) electrons.